The smallest absolute Gasteiger partial charge is 0.419 e. The Hall–Kier alpha value is -0.980. The first-order valence-electron chi connectivity index (χ1n) is 4.58. The zero-order chi connectivity index (χ0) is 11.4. The first-order chi connectivity index (χ1) is 6.77. The molecule has 7 heteroatoms. The summed E-state index contributed by atoms with van der Waals surface area (Å²) in [6.07, 6.45) is -6.21. The molecule has 0 aromatic carbocycles. The van der Waals surface area contributed by atoms with Crippen molar-refractivity contribution >= 4 is 6.09 Å². The van der Waals surface area contributed by atoms with Crippen LogP contribution in [0.2, 0.25) is 0 Å². The molecular weight excluding hydrogens is 215 g/mol. The molecule has 0 aromatic rings. The molecule has 2 N–H and O–H groups in total. The van der Waals surface area contributed by atoms with Gasteiger partial charge < -0.3 is 10.2 Å². The molecule has 2 heterocycles. The van der Waals surface area contributed by atoms with E-state index in [1.54, 1.807) is 0 Å². The summed E-state index contributed by atoms with van der Waals surface area (Å²) in [6.45, 7) is 0. The molecule has 2 fully saturated rings. The van der Waals surface area contributed by atoms with Gasteiger partial charge in [-0.05, 0) is 12.8 Å². The maximum absolute atomic E-state index is 12.6. The van der Waals surface area contributed by atoms with Gasteiger partial charge in [-0.25, -0.2) is 4.79 Å². The highest BCUT2D eigenvalue weighted by Gasteiger charge is 2.69. The van der Waals surface area contributed by atoms with E-state index in [1.165, 1.54) is 0 Å². The second-order valence-electron chi connectivity index (χ2n) is 4.06. The van der Waals surface area contributed by atoms with Gasteiger partial charge in [0.05, 0.1) is 6.04 Å². The van der Waals surface area contributed by atoms with Gasteiger partial charge in [-0.3, -0.25) is 4.90 Å². The summed E-state index contributed by atoms with van der Waals surface area (Å²) in [5.41, 5.74) is -2.85. The molecule has 15 heavy (non-hydrogen) atoms. The number of hydrogen-bond acceptors (Lipinski definition) is 2. The molecule has 0 saturated carbocycles. The van der Waals surface area contributed by atoms with Gasteiger partial charge in [-0.2, -0.15) is 13.2 Å². The van der Waals surface area contributed by atoms with Crippen molar-refractivity contribution in [3.8, 4) is 0 Å². The molecule has 0 radical (unpaired) electrons. The number of halogens is 3. The van der Waals surface area contributed by atoms with Gasteiger partial charge in [-0.15, -0.1) is 0 Å². The Morgan fingerprint density at radius 1 is 1.40 bits per heavy atom. The van der Waals surface area contributed by atoms with Crippen LogP contribution >= 0.6 is 0 Å². The Morgan fingerprint density at radius 3 is 2.33 bits per heavy atom. The second-order valence-corrected chi connectivity index (χ2v) is 4.06. The molecule has 0 spiro atoms. The molecule has 2 aliphatic heterocycles. The minimum Gasteiger partial charge on any atom is -0.465 e. The van der Waals surface area contributed by atoms with Crippen LogP contribution in [0.25, 0.3) is 0 Å². The third-order valence-electron chi connectivity index (χ3n) is 3.31. The lowest BCUT2D eigenvalue weighted by molar-refractivity contribution is -0.268. The Bertz CT molecular complexity index is 306. The predicted molar refractivity (Wildman–Crippen MR) is 42.3 cm³/mol. The molecule has 0 aromatic heterocycles. The van der Waals surface area contributed by atoms with E-state index in [0.29, 0.717) is 6.42 Å². The predicted octanol–water partition coefficient (Wildman–Crippen LogP) is 1.19. The molecule has 2 saturated heterocycles. The lowest BCUT2D eigenvalue weighted by Crippen LogP contribution is -2.54. The largest absolute Gasteiger partial charge is 0.465 e. The Morgan fingerprint density at radius 2 is 2.00 bits per heavy atom. The van der Waals surface area contributed by atoms with Crippen LogP contribution < -0.4 is 0 Å². The van der Waals surface area contributed by atoms with Gasteiger partial charge >= 0.3 is 12.3 Å². The van der Waals surface area contributed by atoms with Crippen molar-refractivity contribution in [2.45, 2.75) is 43.1 Å². The molecule has 1 amide bonds. The number of aliphatic hydroxyl groups is 1. The van der Waals surface area contributed by atoms with Crippen molar-refractivity contribution in [1.82, 2.24) is 4.90 Å². The summed E-state index contributed by atoms with van der Waals surface area (Å²) in [7, 11) is 0. The van der Waals surface area contributed by atoms with E-state index in [0.717, 1.165) is 4.90 Å². The molecule has 3 atom stereocenters. The van der Waals surface area contributed by atoms with E-state index >= 15 is 0 Å². The molecule has 86 valence electrons. The fraction of sp³-hybridized carbons (Fsp3) is 0.875. The third kappa shape index (κ3) is 1.22. The summed E-state index contributed by atoms with van der Waals surface area (Å²) in [6, 6.07) is -2.03. The lowest BCUT2D eigenvalue weighted by Gasteiger charge is -2.33. The van der Waals surface area contributed by atoms with Crippen molar-refractivity contribution < 1.29 is 28.2 Å². The van der Waals surface area contributed by atoms with E-state index in [1.807, 2.05) is 0 Å². The van der Waals surface area contributed by atoms with Crippen LogP contribution in [0, 0.1) is 0 Å². The topological polar surface area (TPSA) is 60.8 Å². The number of nitrogens with zero attached hydrogens (tertiary/aromatic N) is 1. The van der Waals surface area contributed by atoms with Crippen molar-refractivity contribution in [2.24, 2.45) is 0 Å². The summed E-state index contributed by atoms with van der Waals surface area (Å²) in [5.74, 6) is 0. The number of hydrogen-bond donors (Lipinski definition) is 2. The third-order valence-corrected chi connectivity index (χ3v) is 3.31. The van der Waals surface area contributed by atoms with Crippen molar-refractivity contribution in [3.63, 3.8) is 0 Å². The highest BCUT2D eigenvalue weighted by molar-refractivity contribution is 5.67. The Kier molecular flexibility index (Phi) is 1.95. The quantitative estimate of drug-likeness (QED) is 0.651. The molecule has 2 rings (SSSR count). The lowest BCUT2D eigenvalue weighted by atomic mass is 9.84. The molecule has 0 aliphatic carbocycles. The van der Waals surface area contributed by atoms with Crippen molar-refractivity contribution in [1.29, 1.82) is 0 Å². The van der Waals surface area contributed by atoms with Gasteiger partial charge in [0.2, 0.25) is 0 Å². The Balaban J connectivity index is 2.32. The van der Waals surface area contributed by atoms with Crippen LogP contribution in [0.1, 0.15) is 19.3 Å². The number of carbonyl (C=O) groups is 1. The highest BCUT2D eigenvalue weighted by atomic mass is 19.4. The standard InChI is InChI=1S/C8H10F3NO3/c9-8(10,11)7(15)3-4-1-2-5(7)12(4)6(13)14/h4-5,15H,1-3H2,(H,13,14)/t4-,5+,7+/m0/s1. The van der Waals surface area contributed by atoms with Gasteiger partial charge in [0.15, 0.2) is 5.60 Å². The molecule has 2 bridgehead atoms. The van der Waals surface area contributed by atoms with Crippen LogP contribution in [0.5, 0.6) is 0 Å². The first-order valence-corrected chi connectivity index (χ1v) is 4.58. The SMILES string of the molecule is O=C(O)N1[C@H]2CC[C@@H]1[C@@](O)(C(F)(F)F)C2. The number of fused-ring (bicyclic) bond motifs is 2. The molecule has 4 nitrogen and oxygen atoms in total. The van der Waals surface area contributed by atoms with E-state index < -0.39 is 36.4 Å². The van der Waals surface area contributed by atoms with Crippen LogP contribution in [0.3, 0.4) is 0 Å². The summed E-state index contributed by atoms with van der Waals surface area (Å²) in [5, 5.41) is 18.2. The number of carboxylic acid groups (broad SMARTS) is 1. The second kappa shape index (κ2) is 2.78. The molecule has 2 aliphatic rings. The number of amides is 1. The fourth-order valence-corrected chi connectivity index (χ4v) is 2.64. The maximum atomic E-state index is 12.6. The number of alkyl halides is 3. The Labute approximate surface area is 83.3 Å². The average Bonchev–Trinajstić information content (AvgIpc) is 2.56. The summed E-state index contributed by atoms with van der Waals surface area (Å²) in [4.78, 5) is 11.5. The minimum atomic E-state index is -4.76. The molecule has 0 unspecified atom stereocenters. The van der Waals surface area contributed by atoms with Crippen LogP contribution in [-0.4, -0.2) is 45.1 Å². The van der Waals surface area contributed by atoms with Crippen molar-refractivity contribution in [3.05, 3.63) is 0 Å². The van der Waals surface area contributed by atoms with E-state index in [-0.39, 0.29) is 6.42 Å². The van der Waals surface area contributed by atoms with Gasteiger partial charge in [0.1, 0.15) is 0 Å². The first kappa shape index (κ1) is 10.5. The van der Waals surface area contributed by atoms with E-state index in [9.17, 15) is 23.1 Å². The minimum absolute atomic E-state index is 0.0764. The summed E-state index contributed by atoms with van der Waals surface area (Å²) < 4.78 is 37.7. The zero-order valence-corrected chi connectivity index (χ0v) is 7.66. The van der Waals surface area contributed by atoms with Crippen molar-refractivity contribution in [2.75, 3.05) is 0 Å². The van der Waals surface area contributed by atoms with Crippen LogP contribution in [0.4, 0.5) is 18.0 Å². The van der Waals surface area contributed by atoms with Crippen LogP contribution in [0.15, 0.2) is 0 Å². The van der Waals surface area contributed by atoms with Gasteiger partial charge in [0, 0.05) is 12.5 Å². The van der Waals surface area contributed by atoms with Gasteiger partial charge in [-0.1, -0.05) is 0 Å². The fourth-order valence-electron chi connectivity index (χ4n) is 2.64. The average molecular weight is 225 g/mol. The van der Waals surface area contributed by atoms with E-state index in [4.69, 9.17) is 5.11 Å². The highest BCUT2D eigenvalue weighted by Crippen LogP contribution is 2.51. The monoisotopic (exact) mass is 225 g/mol. The summed E-state index contributed by atoms with van der Waals surface area (Å²) >= 11 is 0. The molecular formula is C8H10F3NO3. The maximum Gasteiger partial charge on any atom is 0.419 e. The van der Waals surface area contributed by atoms with Gasteiger partial charge in [0.25, 0.3) is 0 Å². The van der Waals surface area contributed by atoms with E-state index in [2.05, 4.69) is 0 Å². The zero-order valence-electron chi connectivity index (χ0n) is 7.66. The number of rotatable bonds is 0. The normalized spacial score (nSPS) is 39.9. The van der Waals surface area contributed by atoms with Crippen LogP contribution in [-0.2, 0) is 0 Å².